The number of hydrogen-bond acceptors (Lipinski definition) is 2. The monoisotopic (exact) mass is 279 g/mol. The Morgan fingerprint density at radius 2 is 2.06 bits per heavy atom. The number of nitrogens with zero attached hydrogens (tertiary/aromatic N) is 3. The van der Waals surface area contributed by atoms with Crippen molar-refractivity contribution < 1.29 is 0 Å². The summed E-state index contributed by atoms with van der Waals surface area (Å²) < 4.78 is 3.04. The smallest absolute Gasteiger partial charge is 0.125 e. The van der Waals surface area contributed by atoms with E-state index in [0.717, 1.165) is 21.6 Å². The van der Waals surface area contributed by atoms with E-state index in [4.69, 9.17) is 0 Å². The molecule has 0 aromatic carbocycles. The summed E-state index contributed by atoms with van der Waals surface area (Å²) in [6.45, 7) is 6.30. The van der Waals surface area contributed by atoms with Crippen LogP contribution < -0.4 is 0 Å². The molecular formula is C12H14BrN3. The number of aromatic nitrogens is 3. The summed E-state index contributed by atoms with van der Waals surface area (Å²) in [4.78, 5) is 4.32. The van der Waals surface area contributed by atoms with Crippen LogP contribution >= 0.6 is 15.9 Å². The topological polar surface area (TPSA) is 30.7 Å². The van der Waals surface area contributed by atoms with Gasteiger partial charge in [0.15, 0.2) is 0 Å². The van der Waals surface area contributed by atoms with E-state index < -0.39 is 0 Å². The van der Waals surface area contributed by atoms with Gasteiger partial charge in [-0.05, 0) is 48.8 Å². The van der Waals surface area contributed by atoms with Crippen molar-refractivity contribution in [3.63, 3.8) is 0 Å². The number of rotatable bonds is 2. The third-order valence-corrected chi connectivity index (χ3v) is 3.42. The van der Waals surface area contributed by atoms with Crippen LogP contribution in [0.3, 0.4) is 0 Å². The van der Waals surface area contributed by atoms with Crippen molar-refractivity contribution in [2.45, 2.75) is 26.8 Å². The second-order valence-electron chi connectivity index (χ2n) is 4.00. The van der Waals surface area contributed by atoms with Crippen LogP contribution in [-0.4, -0.2) is 14.8 Å². The second kappa shape index (κ2) is 4.37. The average Bonchev–Trinajstić information content (AvgIpc) is 2.58. The van der Waals surface area contributed by atoms with Crippen LogP contribution in [0.25, 0.3) is 11.4 Å². The second-order valence-corrected chi connectivity index (χ2v) is 4.79. The van der Waals surface area contributed by atoms with E-state index in [2.05, 4.69) is 46.8 Å². The highest BCUT2D eigenvalue weighted by Gasteiger charge is 2.15. The summed E-state index contributed by atoms with van der Waals surface area (Å²) >= 11 is 3.58. The molecule has 0 amide bonds. The van der Waals surface area contributed by atoms with Crippen molar-refractivity contribution in [3.05, 3.63) is 34.6 Å². The van der Waals surface area contributed by atoms with Gasteiger partial charge in [0, 0.05) is 12.2 Å². The van der Waals surface area contributed by atoms with Gasteiger partial charge in [0.2, 0.25) is 0 Å². The van der Waals surface area contributed by atoms with Crippen LogP contribution in [0.5, 0.6) is 0 Å². The van der Waals surface area contributed by atoms with Crippen molar-refractivity contribution in [2.75, 3.05) is 0 Å². The van der Waals surface area contributed by atoms with Gasteiger partial charge < -0.3 is 0 Å². The molecule has 2 aromatic heterocycles. The van der Waals surface area contributed by atoms with Crippen molar-refractivity contribution in [1.29, 1.82) is 0 Å². The van der Waals surface area contributed by atoms with Crippen LogP contribution in [0.2, 0.25) is 0 Å². The lowest BCUT2D eigenvalue weighted by Crippen LogP contribution is -2.04. The Hall–Kier alpha value is -1.16. The highest BCUT2D eigenvalue weighted by atomic mass is 79.9. The van der Waals surface area contributed by atoms with Gasteiger partial charge >= 0.3 is 0 Å². The number of pyridine rings is 1. The van der Waals surface area contributed by atoms with E-state index in [1.165, 1.54) is 0 Å². The van der Waals surface area contributed by atoms with Gasteiger partial charge in [0.05, 0.1) is 15.9 Å². The molecular weight excluding hydrogens is 266 g/mol. The van der Waals surface area contributed by atoms with Crippen molar-refractivity contribution in [1.82, 2.24) is 14.8 Å². The van der Waals surface area contributed by atoms with Crippen LogP contribution in [0.1, 0.15) is 25.6 Å². The maximum Gasteiger partial charge on any atom is 0.125 e. The minimum atomic E-state index is 0.355. The van der Waals surface area contributed by atoms with Gasteiger partial charge in [-0.1, -0.05) is 6.07 Å². The third kappa shape index (κ3) is 1.89. The lowest BCUT2D eigenvalue weighted by Gasteiger charge is -2.06. The fraction of sp³-hybridized carbons (Fsp3) is 0.333. The van der Waals surface area contributed by atoms with Crippen LogP contribution in [0.15, 0.2) is 28.9 Å². The maximum atomic E-state index is 4.59. The lowest BCUT2D eigenvalue weighted by atomic mass is 10.2. The van der Waals surface area contributed by atoms with Gasteiger partial charge in [0.1, 0.15) is 5.69 Å². The quantitative estimate of drug-likeness (QED) is 0.841. The Labute approximate surface area is 104 Å². The van der Waals surface area contributed by atoms with E-state index >= 15 is 0 Å². The van der Waals surface area contributed by atoms with Crippen LogP contribution in [-0.2, 0) is 0 Å². The predicted molar refractivity (Wildman–Crippen MR) is 68.3 cm³/mol. The molecule has 84 valence electrons. The van der Waals surface area contributed by atoms with E-state index in [1.54, 1.807) is 6.20 Å². The molecule has 0 unspecified atom stereocenters. The molecule has 0 fully saturated rings. The minimum absolute atomic E-state index is 0.355. The first-order valence-corrected chi connectivity index (χ1v) is 6.06. The highest BCUT2D eigenvalue weighted by molar-refractivity contribution is 9.10. The number of halogens is 1. The zero-order chi connectivity index (χ0) is 11.7. The Morgan fingerprint density at radius 3 is 2.56 bits per heavy atom. The molecule has 2 rings (SSSR count). The van der Waals surface area contributed by atoms with Crippen molar-refractivity contribution in [3.8, 4) is 11.4 Å². The van der Waals surface area contributed by atoms with E-state index in [0.29, 0.717) is 6.04 Å². The molecule has 0 aliphatic rings. The van der Waals surface area contributed by atoms with E-state index in [1.807, 2.05) is 22.9 Å². The van der Waals surface area contributed by atoms with Crippen molar-refractivity contribution in [2.24, 2.45) is 0 Å². The van der Waals surface area contributed by atoms with Crippen LogP contribution in [0.4, 0.5) is 0 Å². The summed E-state index contributed by atoms with van der Waals surface area (Å²) in [6, 6.07) is 6.20. The zero-order valence-corrected chi connectivity index (χ0v) is 11.2. The van der Waals surface area contributed by atoms with Crippen LogP contribution in [0, 0.1) is 6.92 Å². The molecule has 4 heteroatoms. The molecule has 2 heterocycles. The Kier molecular flexibility index (Phi) is 3.10. The largest absolute Gasteiger partial charge is 0.266 e. The molecule has 16 heavy (non-hydrogen) atoms. The number of hydrogen-bond donors (Lipinski definition) is 0. The SMILES string of the molecule is Cc1c(Br)c(-c2ccccn2)nn1C(C)C. The lowest BCUT2D eigenvalue weighted by molar-refractivity contribution is 0.520. The summed E-state index contributed by atoms with van der Waals surface area (Å²) in [5, 5.41) is 4.59. The normalized spacial score (nSPS) is 11.1. The molecule has 0 bridgehead atoms. The minimum Gasteiger partial charge on any atom is -0.266 e. The van der Waals surface area contributed by atoms with Gasteiger partial charge in [-0.2, -0.15) is 5.10 Å². The standard InChI is InChI=1S/C12H14BrN3/c1-8(2)16-9(3)11(13)12(15-16)10-6-4-5-7-14-10/h4-8H,1-3H3. The molecule has 0 N–H and O–H groups in total. The molecule has 0 saturated carbocycles. The molecule has 0 aliphatic heterocycles. The van der Waals surface area contributed by atoms with E-state index in [-0.39, 0.29) is 0 Å². The van der Waals surface area contributed by atoms with Gasteiger partial charge in [0.25, 0.3) is 0 Å². The summed E-state index contributed by atoms with van der Waals surface area (Å²) in [5.74, 6) is 0. The zero-order valence-electron chi connectivity index (χ0n) is 9.61. The Bertz CT molecular complexity index is 488. The molecule has 3 nitrogen and oxygen atoms in total. The molecule has 0 atom stereocenters. The fourth-order valence-corrected chi connectivity index (χ4v) is 2.13. The first-order chi connectivity index (χ1) is 7.61. The molecule has 0 saturated heterocycles. The summed E-state index contributed by atoms with van der Waals surface area (Å²) in [7, 11) is 0. The predicted octanol–water partition coefficient (Wildman–Crippen LogP) is 3.60. The summed E-state index contributed by atoms with van der Waals surface area (Å²) in [6.07, 6.45) is 1.78. The summed E-state index contributed by atoms with van der Waals surface area (Å²) in [5.41, 5.74) is 2.94. The molecule has 0 aliphatic carbocycles. The first kappa shape index (κ1) is 11.3. The maximum absolute atomic E-state index is 4.59. The van der Waals surface area contributed by atoms with Gasteiger partial charge in [-0.3, -0.25) is 9.67 Å². The van der Waals surface area contributed by atoms with E-state index in [9.17, 15) is 0 Å². The fourth-order valence-electron chi connectivity index (χ4n) is 1.67. The average molecular weight is 280 g/mol. The molecule has 0 radical (unpaired) electrons. The Balaban J connectivity index is 2.55. The van der Waals surface area contributed by atoms with Gasteiger partial charge in [-0.15, -0.1) is 0 Å². The molecule has 0 spiro atoms. The van der Waals surface area contributed by atoms with Crippen molar-refractivity contribution >= 4 is 15.9 Å². The molecule has 2 aromatic rings. The first-order valence-electron chi connectivity index (χ1n) is 5.27. The highest BCUT2D eigenvalue weighted by Crippen LogP contribution is 2.30. The third-order valence-electron chi connectivity index (χ3n) is 2.47. The Morgan fingerprint density at radius 1 is 1.31 bits per heavy atom. The van der Waals surface area contributed by atoms with Gasteiger partial charge in [-0.25, -0.2) is 0 Å².